The van der Waals surface area contributed by atoms with Crippen LogP contribution in [0.2, 0.25) is 0 Å². The second-order valence-electron chi connectivity index (χ2n) is 4.25. The Morgan fingerprint density at radius 3 is 2.42 bits per heavy atom. The summed E-state index contributed by atoms with van der Waals surface area (Å²) in [5.41, 5.74) is 8.69. The molecule has 2 aromatic rings. The van der Waals surface area contributed by atoms with E-state index in [1.54, 1.807) is 43.5 Å². The summed E-state index contributed by atoms with van der Waals surface area (Å²) >= 11 is 0. The van der Waals surface area contributed by atoms with Crippen molar-refractivity contribution in [2.45, 2.75) is 6.92 Å². The van der Waals surface area contributed by atoms with Gasteiger partial charge in [0.25, 0.3) is 5.91 Å². The van der Waals surface area contributed by atoms with Crippen LogP contribution in [-0.4, -0.2) is 13.0 Å². The molecule has 19 heavy (non-hydrogen) atoms. The Hall–Kier alpha value is -2.49. The maximum atomic E-state index is 12.0. The van der Waals surface area contributed by atoms with Crippen molar-refractivity contribution in [3.8, 4) is 5.75 Å². The van der Waals surface area contributed by atoms with E-state index < -0.39 is 0 Å². The van der Waals surface area contributed by atoms with Gasteiger partial charge in [-0.25, -0.2) is 0 Å². The largest absolute Gasteiger partial charge is 0.497 e. The van der Waals surface area contributed by atoms with Gasteiger partial charge in [-0.3, -0.25) is 4.79 Å². The number of anilines is 2. The average molecular weight is 256 g/mol. The number of carbonyl (C=O) groups is 1. The number of hydrogen-bond donors (Lipinski definition) is 2. The van der Waals surface area contributed by atoms with E-state index >= 15 is 0 Å². The minimum atomic E-state index is -0.160. The Morgan fingerprint density at radius 1 is 1.16 bits per heavy atom. The van der Waals surface area contributed by atoms with Gasteiger partial charge in [0.2, 0.25) is 0 Å². The third kappa shape index (κ3) is 3.04. The van der Waals surface area contributed by atoms with Crippen molar-refractivity contribution >= 4 is 17.3 Å². The standard InChI is InChI=1S/C15H16N2O2/c1-10-9-12(5-8-14(10)16)17-15(18)11-3-6-13(19-2)7-4-11/h3-9H,16H2,1-2H3,(H,17,18). The Balaban J connectivity index is 2.13. The molecule has 0 radical (unpaired) electrons. The first-order chi connectivity index (χ1) is 9.10. The van der Waals surface area contributed by atoms with Crippen molar-refractivity contribution in [2.75, 3.05) is 18.2 Å². The lowest BCUT2D eigenvalue weighted by molar-refractivity contribution is 0.102. The van der Waals surface area contributed by atoms with Crippen LogP contribution in [0.15, 0.2) is 42.5 Å². The number of carbonyl (C=O) groups excluding carboxylic acids is 1. The molecule has 0 fully saturated rings. The molecule has 0 heterocycles. The van der Waals surface area contributed by atoms with Crippen molar-refractivity contribution in [3.63, 3.8) is 0 Å². The fraction of sp³-hybridized carbons (Fsp3) is 0.133. The van der Waals surface area contributed by atoms with Crippen molar-refractivity contribution in [1.82, 2.24) is 0 Å². The molecule has 0 unspecified atom stereocenters. The summed E-state index contributed by atoms with van der Waals surface area (Å²) in [6, 6.07) is 12.3. The molecule has 2 rings (SSSR count). The highest BCUT2D eigenvalue weighted by molar-refractivity contribution is 6.04. The van der Waals surface area contributed by atoms with Crippen LogP contribution >= 0.6 is 0 Å². The van der Waals surface area contributed by atoms with Crippen LogP contribution in [0.25, 0.3) is 0 Å². The lowest BCUT2D eigenvalue weighted by Gasteiger charge is -2.08. The second-order valence-corrected chi connectivity index (χ2v) is 4.25. The first-order valence-corrected chi connectivity index (χ1v) is 5.91. The van der Waals surface area contributed by atoms with Crippen molar-refractivity contribution in [1.29, 1.82) is 0 Å². The number of rotatable bonds is 3. The van der Waals surface area contributed by atoms with Crippen LogP contribution in [0.5, 0.6) is 5.75 Å². The van der Waals surface area contributed by atoms with Gasteiger partial charge in [0.1, 0.15) is 5.75 Å². The summed E-state index contributed by atoms with van der Waals surface area (Å²) in [6.07, 6.45) is 0. The van der Waals surface area contributed by atoms with Gasteiger partial charge in [-0.1, -0.05) is 0 Å². The molecule has 0 saturated heterocycles. The van der Waals surface area contributed by atoms with Crippen molar-refractivity contribution in [2.24, 2.45) is 0 Å². The van der Waals surface area contributed by atoms with Crippen LogP contribution in [0.3, 0.4) is 0 Å². The predicted octanol–water partition coefficient (Wildman–Crippen LogP) is 2.84. The Labute approximate surface area is 112 Å². The predicted molar refractivity (Wildman–Crippen MR) is 76.5 cm³/mol. The maximum absolute atomic E-state index is 12.0. The molecule has 4 nitrogen and oxygen atoms in total. The first-order valence-electron chi connectivity index (χ1n) is 5.91. The maximum Gasteiger partial charge on any atom is 0.255 e. The Morgan fingerprint density at radius 2 is 1.84 bits per heavy atom. The number of ether oxygens (including phenoxy) is 1. The van der Waals surface area contributed by atoms with E-state index in [9.17, 15) is 4.79 Å². The van der Waals surface area contributed by atoms with Crippen LogP contribution < -0.4 is 15.8 Å². The van der Waals surface area contributed by atoms with Crippen LogP contribution in [-0.2, 0) is 0 Å². The molecule has 0 aliphatic carbocycles. The molecule has 0 atom stereocenters. The van der Waals surface area contributed by atoms with E-state index in [-0.39, 0.29) is 5.91 Å². The summed E-state index contributed by atoms with van der Waals surface area (Å²) in [5.74, 6) is 0.562. The smallest absolute Gasteiger partial charge is 0.255 e. The molecule has 0 saturated carbocycles. The average Bonchev–Trinajstić information content (AvgIpc) is 2.43. The fourth-order valence-corrected chi connectivity index (χ4v) is 1.70. The van der Waals surface area contributed by atoms with Crippen LogP contribution in [0, 0.1) is 6.92 Å². The van der Waals surface area contributed by atoms with E-state index in [1.165, 1.54) is 0 Å². The minimum Gasteiger partial charge on any atom is -0.497 e. The van der Waals surface area contributed by atoms with E-state index in [1.807, 2.05) is 13.0 Å². The van der Waals surface area contributed by atoms with E-state index in [2.05, 4.69) is 5.32 Å². The highest BCUT2D eigenvalue weighted by Crippen LogP contribution is 2.18. The third-order valence-corrected chi connectivity index (χ3v) is 2.88. The number of aryl methyl sites for hydroxylation is 1. The summed E-state index contributed by atoms with van der Waals surface area (Å²) in [7, 11) is 1.59. The van der Waals surface area contributed by atoms with Gasteiger partial charge in [0, 0.05) is 16.9 Å². The third-order valence-electron chi connectivity index (χ3n) is 2.88. The van der Waals surface area contributed by atoms with Gasteiger partial charge >= 0.3 is 0 Å². The minimum absolute atomic E-state index is 0.160. The van der Waals surface area contributed by atoms with Gasteiger partial charge in [0.05, 0.1) is 7.11 Å². The van der Waals surface area contributed by atoms with Crippen molar-refractivity contribution in [3.05, 3.63) is 53.6 Å². The zero-order valence-corrected chi connectivity index (χ0v) is 10.9. The van der Waals surface area contributed by atoms with Crippen LogP contribution in [0.1, 0.15) is 15.9 Å². The fourth-order valence-electron chi connectivity index (χ4n) is 1.70. The quantitative estimate of drug-likeness (QED) is 0.830. The molecule has 4 heteroatoms. The van der Waals surface area contributed by atoms with E-state index in [0.717, 1.165) is 17.0 Å². The number of benzene rings is 2. The normalized spacial score (nSPS) is 10.0. The topological polar surface area (TPSA) is 64.3 Å². The molecule has 0 bridgehead atoms. The lowest BCUT2D eigenvalue weighted by Crippen LogP contribution is -2.12. The monoisotopic (exact) mass is 256 g/mol. The summed E-state index contributed by atoms with van der Waals surface area (Å²) in [4.78, 5) is 12.0. The number of nitrogen functional groups attached to an aromatic ring is 1. The SMILES string of the molecule is COc1ccc(C(=O)Nc2ccc(N)c(C)c2)cc1. The van der Waals surface area contributed by atoms with Crippen molar-refractivity contribution < 1.29 is 9.53 Å². The molecular weight excluding hydrogens is 240 g/mol. The Kier molecular flexibility index (Phi) is 3.71. The van der Waals surface area contributed by atoms with E-state index in [0.29, 0.717) is 11.3 Å². The molecule has 0 aliphatic rings. The molecule has 0 spiro atoms. The molecule has 2 aromatic carbocycles. The Bertz CT molecular complexity index is 592. The van der Waals surface area contributed by atoms with Gasteiger partial charge in [-0.2, -0.15) is 0 Å². The molecular formula is C15H16N2O2. The zero-order chi connectivity index (χ0) is 13.8. The van der Waals surface area contributed by atoms with Gasteiger partial charge in [-0.05, 0) is 55.0 Å². The first kappa shape index (κ1) is 13.0. The molecule has 98 valence electrons. The molecule has 0 aromatic heterocycles. The van der Waals surface area contributed by atoms with Gasteiger partial charge < -0.3 is 15.8 Å². The highest BCUT2D eigenvalue weighted by atomic mass is 16.5. The number of amides is 1. The highest BCUT2D eigenvalue weighted by Gasteiger charge is 2.06. The number of hydrogen-bond acceptors (Lipinski definition) is 3. The summed E-state index contributed by atoms with van der Waals surface area (Å²) in [6.45, 7) is 1.90. The van der Waals surface area contributed by atoms with Gasteiger partial charge in [-0.15, -0.1) is 0 Å². The van der Waals surface area contributed by atoms with E-state index in [4.69, 9.17) is 10.5 Å². The zero-order valence-electron chi connectivity index (χ0n) is 10.9. The van der Waals surface area contributed by atoms with Crippen LogP contribution in [0.4, 0.5) is 11.4 Å². The molecule has 3 N–H and O–H groups in total. The summed E-state index contributed by atoms with van der Waals surface area (Å²) in [5, 5.41) is 2.83. The van der Waals surface area contributed by atoms with Gasteiger partial charge in [0.15, 0.2) is 0 Å². The summed E-state index contributed by atoms with van der Waals surface area (Å²) < 4.78 is 5.05. The molecule has 1 amide bonds. The second kappa shape index (κ2) is 5.44. The lowest BCUT2D eigenvalue weighted by atomic mass is 10.1. The number of methoxy groups -OCH3 is 1. The number of nitrogens with two attached hydrogens (primary N) is 1. The molecule has 0 aliphatic heterocycles. The number of nitrogens with one attached hydrogen (secondary N) is 1.